The van der Waals surface area contributed by atoms with E-state index in [1.165, 1.54) is 12.1 Å². The lowest BCUT2D eigenvalue weighted by Crippen LogP contribution is -2.30. The highest BCUT2D eigenvalue weighted by molar-refractivity contribution is 5.84. The van der Waals surface area contributed by atoms with Crippen LogP contribution in [0.25, 0.3) is 10.9 Å². The maximum absolute atomic E-state index is 13.6. The highest BCUT2D eigenvalue weighted by Gasteiger charge is 2.16. The number of carbonyl (C=O) groups excluding carboxylic acids is 1. The lowest BCUT2D eigenvalue weighted by atomic mass is 10.00. The van der Waals surface area contributed by atoms with Gasteiger partial charge in [0.2, 0.25) is 5.91 Å². The van der Waals surface area contributed by atoms with Crippen molar-refractivity contribution in [3.63, 3.8) is 0 Å². The average Bonchev–Trinajstić information content (AvgIpc) is 2.97. The topological polar surface area (TPSA) is 44.9 Å². The summed E-state index contributed by atoms with van der Waals surface area (Å²) in [6.45, 7) is 1.88. The third kappa shape index (κ3) is 3.45. The van der Waals surface area contributed by atoms with E-state index in [1.54, 1.807) is 0 Å². The number of fused-ring (bicyclic) bond motifs is 1. The third-order valence-electron chi connectivity index (χ3n) is 4.12. The molecule has 24 heavy (non-hydrogen) atoms. The van der Waals surface area contributed by atoms with Crippen molar-refractivity contribution in [1.29, 1.82) is 0 Å². The fraction of sp³-hybridized carbons (Fsp3) is 0.211. The second kappa shape index (κ2) is 6.83. The van der Waals surface area contributed by atoms with E-state index in [-0.39, 0.29) is 23.9 Å². The molecule has 0 aliphatic rings. The summed E-state index contributed by atoms with van der Waals surface area (Å²) in [4.78, 5) is 15.4. The van der Waals surface area contributed by atoms with Crippen LogP contribution < -0.4 is 5.32 Å². The minimum atomic E-state index is -0.653. The Bertz CT molecular complexity index is 873. The van der Waals surface area contributed by atoms with Crippen molar-refractivity contribution in [2.24, 2.45) is 5.92 Å². The van der Waals surface area contributed by atoms with Gasteiger partial charge in [0.1, 0.15) is 11.6 Å². The van der Waals surface area contributed by atoms with Gasteiger partial charge in [0.25, 0.3) is 0 Å². The number of nitrogens with one attached hydrogen (secondary N) is 2. The zero-order chi connectivity index (χ0) is 17.1. The smallest absolute Gasteiger partial charge is 0.223 e. The Hall–Kier alpha value is -2.69. The first kappa shape index (κ1) is 16.2. The van der Waals surface area contributed by atoms with Crippen LogP contribution in [0.2, 0.25) is 0 Å². The van der Waals surface area contributed by atoms with Gasteiger partial charge in [0.15, 0.2) is 0 Å². The van der Waals surface area contributed by atoms with Gasteiger partial charge in [-0.3, -0.25) is 4.79 Å². The van der Waals surface area contributed by atoms with Crippen molar-refractivity contribution in [3.8, 4) is 0 Å². The number of amides is 1. The summed E-state index contributed by atoms with van der Waals surface area (Å²) < 4.78 is 26.5. The van der Waals surface area contributed by atoms with Crippen molar-refractivity contribution < 1.29 is 13.6 Å². The van der Waals surface area contributed by atoms with Crippen LogP contribution in [-0.2, 0) is 17.8 Å². The number of aromatic amines is 1. The normalized spacial score (nSPS) is 12.3. The van der Waals surface area contributed by atoms with Crippen LogP contribution >= 0.6 is 0 Å². The fourth-order valence-electron chi connectivity index (χ4n) is 2.74. The predicted molar refractivity (Wildman–Crippen MR) is 89.4 cm³/mol. The van der Waals surface area contributed by atoms with Gasteiger partial charge in [-0.15, -0.1) is 0 Å². The Morgan fingerprint density at radius 2 is 1.96 bits per heavy atom. The first-order chi connectivity index (χ1) is 11.5. The van der Waals surface area contributed by atoms with Crippen molar-refractivity contribution in [1.82, 2.24) is 10.3 Å². The molecule has 1 amide bonds. The third-order valence-corrected chi connectivity index (χ3v) is 4.12. The van der Waals surface area contributed by atoms with E-state index >= 15 is 0 Å². The van der Waals surface area contributed by atoms with Gasteiger partial charge in [-0.25, -0.2) is 8.78 Å². The SMILES string of the molecule is CC(Cc1c[nH]c2ccccc12)C(=O)NCc1ccc(F)cc1F. The van der Waals surface area contributed by atoms with Crippen LogP contribution in [0.1, 0.15) is 18.1 Å². The first-order valence-corrected chi connectivity index (χ1v) is 7.81. The Morgan fingerprint density at radius 3 is 2.75 bits per heavy atom. The molecule has 0 spiro atoms. The summed E-state index contributed by atoms with van der Waals surface area (Å²) in [7, 11) is 0. The quantitative estimate of drug-likeness (QED) is 0.732. The Kier molecular flexibility index (Phi) is 4.60. The number of H-pyrrole nitrogens is 1. The molecule has 0 saturated heterocycles. The number of aromatic nitrogens is 1. The van der Waals surface area contributed by atoms with E-state index < -0.39 is 11.6 Å². The maximum atomic E-state index is 13.6. The summed E-state index contributed by atoms with van der Waals surface area (Å²) >= 11 is 0. The summed E-state index contributed by atoms with van der Waals surface area (Å²) in [6, 6.07) is 11.3. The molecule has 0 bridgehead atoms. The van der Waals surface area contributed by atoms with Crippen LogP contribution in [0.4, 0.5) is 8.78 Å². The minimum absolute atomic E-state index is 0.0448. The molecule has 3 nitrogen and oxygen atoms in total. The molecule has 1 heterocycles. The van der Waals surface area contributed by atoms with E-state index in [2.05, 4.69) is 10.3 Å². The Balaban J connectivity index is 1.62. The van der Waals surface area contributed by atoms with Gasteiger partial charge in [-0.1, -0.05) is 31.2 Å². The van der Waals surface area contributed by atoms with E-state index in [9.17, 15) is 13.6 Å². The van der Waals surface area contributed by atoms with Crippen LogP contribution in [0, 0.1) is 17.6 Å². The molecule has 1 unspecified atom stereocenters. The molecule has 1 atom stereocenters. The molecular weight excluding hydrogens is 310 g/mol. The van der Waals surface area contributed by atoms with Gasteiger partial charge < -0.3 is 10.3 Å². The highest BCUT2D eigenvalue weighted by Crippen LogP contribution is 2.20. The molecule has 0 saturated carbocycles. The van der Waals surface area contributed by atoms with Crippen molar-refractivity contribution in [2.75, 3.05) is 0 Å². The lowest BCUT2D eigenvalue weighted by Gasteiger charge is -2.12. The van der Waals surface area contributed by atoms with Gasteiger partial charge in [0.05, 0.1) is 0 Å². The van der Waals surface area contributed by atoms with E-state index in [1.807, 2.05) is 37.4 Å². The van der Waals surface area contributed by atoms with Gasteiger partial charge >= 0.3 is 0 Å². The molecular formula is C19H18F2N2O. The molecule has 1 aromatic heterocycles. The molecule has 124 valence electrons. The van der Waals surface area contributed by atoms with Gasteiger partial charge in [-0.2, -0.15) is 0 Å². The predicted octanol–water partition coefficient (Wildman–Crippen LogP) is 3.94. The number of halogens is 2. The second-order valence-electron chi connectivity index (χ2n) is 5.92. The van der Waals surface area contributed by atoms with Crippen molar-refractivity contribution in [2.45, 2.75) is 19.9 Å². The van der Waals surface area contributed by atoms with Gasteiger partial charge in [-0.05, 0) is 24.1 Å². The number of rotatable bonds is 5. The summed E-state index contributed by atoms with van der Waals surface area (Å²) in [5.74, 6) is -1.70. The number of hydrogen-bond acceptors (Lipinski definition) is 1. The summed E-state index contributed by atoms with van der Waals surface area (Å²) in [6.07, 6.45) is 2.50. The zero-order valence-corrected chi connectivity index (χ0v) is 13.3. The monoisotopic (exact) mass is 328 g/mol. The van der Waals surface area contributed by atoms with Crippen LogP contribution in [0.15, 0.2) is 48.7 Å². The number of benzene rings is 2. The summed E-state index contributed by atoms with van der Waals surface area (Å²) in [5.41, 5.74) is 2.37. The van der Waals surface area contributed by atoms with Crippen LogP contribution in [0.3, 0.4) is 0 Å². The molecule has 2 N–H and O–H groups in total. The highest BCUT2D eigenvalue weighted by atomic mass is 19.1. The number of hydrogen-bond donors (Lipinski definition) is 2. The molecule has 2 aromatic carbocycles. The standard InChI is InChI=1S/C19H18F2N2O/c1-12(8-14-11-22-18-5-3-2-4-16(14)18)19(24)23-10-13-6-7-15(20)9-17(13)21/h2-7,9,11-12,22H,8,10H2,1H3,(H,23,24). The number of carbonyl (C=O) groups is 1. The first-order valence-electron chi connectivity index (χ1n) is 7.81. The fourth-order valence-corrected chi connectivity index (χ4v) is 2.74. The largest absolute Gasteiger partial charge is 0.361 e. The second-order valence-corrected chi connectivity index (χ2v) is 5.92. The van der Waals surface area contributed by atoms with E-state index in [0.29, 0.717) is 6.42 Å². The molecule has 0 aliphatic carbocycles. The van der Waals surface area contributed by atoms with E-state index in [0.717, 1.165) is 22.5 Å². The van der Waals surface area contributed by atoms with Crippen molar-refractivity contribution in [3.05, 3.63) is 71.4 Å². The molecule has 5 heteroatoms. The number of para-hydroxylation sites is 1. The van der Waals surface area contributed by atoms with Crippen LogP contribution in [0.5, 0.6) is 0 Å². The molecule has 3 rings (SSSR count). The molecule has 0 radical (unpaired) electrons. The lowest BCUT2D eigenvalue weighted by molar-refractivity contribution is -0.124. The maximum Gasteiger partial charge on any atom is 0.223 e. The Labute approximate surface area is 138 Å². The van der Waals surface area contributed by atoms with Gasteiger partial charge in [0, 0.05) is 41.2 Å². The summed E-state index contributed by atoms with van der Waals surface area (Å²) in [5, 5.41) is 3.81. The average molecular weight is 328 g/mol. The van der Waals surface area contributed by atoms with Crippen LogP contribution in [-0.4, -0.2) is 10.9 Å². The molecule has 3 aromatic rings. The molecule has 0 aliphatic heterocycles. The minimum Gasteiger partial charge on any atom is -0.361 e. The molecule has 0 fully saturated rings. The van der Waals surface area contributed by atoms with E-state index in [4.69, 9.17) is 0 Å². The van der Waals surface area contributed by atoms with Crippen molar-refractivity contribution >= 4 is 16.8 Å². The zero-order valence-electron chi connectivity index (χ0n) is 13.3. The Morgan fingerprint density at radius 1 is 1.17 bits per heavy atom.